The molecule has 0 saturated carbocycles. The molecule has 0 N–H and O–H groups in total. The summed E-state index contributed by atoms with van der Waals surface area (Å²) in [7, 11) is 9.87. The van der Waals surface area contributed by atoms with Crippen LogP contribution in [0, 0.1) is 20.8 Å². The van der Waals surface area contributed by atoms with E-state index in [1.807, 2.05) is 0 Å². The Labute approximate surface area is 170 Å². The molecule has 1 unspecified atom stereocenters. The van der Waals surface area contributed by atoms with Gasteiger partial charge in [-0.1, -0.05) is 60.7 Å². The van der Waals surface area contributed by atoms with Crippen LogP contribution in [0.2, 0.25) is 0 Å². The molecule has 3 aromatic carbocycles. The molecular weight excluding hydrogens is 426 g/mol. The van der Waals surface area contributed by atoms with Crippen LogP contribution in [0.5, 0.6) is 0 Å². The van der Waals surface area contributed by atoms with Gasteiger partial charge in [0.2, 0.25) is 0 Å². The monoisotopic (exact) mass is 449 g/mol. The Hall–Kier alpha value is -0.487. The van der Waals surface area contributed by atoms with E-state index in [1.165, 1.54) is 50.6 Å². The summed E-state index contributed by atoms with van der Waals surface area (Å²) in [6.07, 6.45) is 1.19. The van der Waals surface area contributed by atoms with Gasteiger partial charge >= 0.3 is 37.9 Å². The molecule has 0 amide bonds. The van der Waals surface area contributed by atoms with Crippen LogP contribution in [0.25, 0.3) is 21.9 Å². The zero-order chi connectivity index (χ0) is 18.6. The van der Waals surface area contributed by atoms with Gasteiger partial charge in [0.05, 0.1) is 0 Å². The normalized spacial score (nSPS) is 11.8. The fourth-order valence-electron chi connectivity index (χ4n) is 3.44. The third-order valence-electron chi connectivity index (χ3n) is 4.81. The fraction of sp³-hybridized carbons (Fsp3) is 0.318. The first-order valence-electron chi connectivity index (χ1n) is 8.66. The molecule has 0 saturated heterocycles. The van der Waals surface area contributed by atoms with E-state index in [0.29, 0.717) is 5.92 Å². The van der Waals surface area contributed by atoms with Crippen LogP contribution >= 0.6 is 17.0 Å². The maximum atomic E-state index is 4.93. The molecule has 0 aliphatic heterocycles. The molecule has 0 bridgehead atoms. The van der Waals surface area contributed by atoms with Gasteiger partial charge in [0.1, 0.15) is 0 Å². The number of hydrogen-bond acceptors (Lipinski definition) is 0. The SMILES string of the molecule is CCC(C)c1cc2c(-c3cc(C)cc(C)c3)c(C)ccc2[cH-]1.[Cl][Zr][Cl]. The van der Waals surface area contributed by atoms with E-state index in [2.05, 4.69) is 77.1 Å². The second kappa shape index (κ2) is 9.45. The standard InChI is InChI=1S/C22H25.2ClH.Zr/c1-6-16(4)19-12-18-8-7-17(5)22(21(18)13-19)20-10-14(2)9-15(3)11-20;;;/h7-13,16H,6H2,1-5H3;2*1H;/q-1;;;+2/p-2. The molecule has 1 atom stereocenters. The molecule has 25 heavy (non-hydrogen) atoms. The molecule has 0 nitrogen and oxygen atoms in total. The van der Waals surface area contributed by atoms with Crippen molar-refractivity contribution in [2.24, 2.45) is 0 Å². The van der Waals surface area contributed by atoms with Crippen molar-refractivity contribution in [1.82, 2.24) is 0 Å². The molecule has 3 rings (SSSR count). The molecule has 0 aliphatic carbocycles. The van der Waals surface area contributed by atoms with Crippen molar-refractivity contribution < 1.29 is 20.8 Å². The van der Waals surface area contributed by atoms with E-state index in [1.54, 1.807) is 0 Å². The van der Waals surface area contributed by atoms with E-state index in [9.17, 15) is 0 Å². The predicted molar refractivity (Wildman–Crippen MR) is 110 cm³/mol. The second-order valence-electron chi connectivity index (χ2n) is 6.81. The van der Waals surface area contributed by atoms with Gasteiger partial charge in [0.15, 0.2) is 0 Å². The van der Waals surface area contributed by atoms with Crippen LogP contribution in [-0.4, -0.2) is 0 Å². The van der Waals surface area contributed by atoms with Crippen LogP contribution in [0.4, 0.5) is 0 Å². The molecule has 0 aliphatic rings. The van der Waals surface area contributed by atoms with Crippen LogP contribution in [-0.2, 0) is 20.8 Å². The summed E-state index contributed by atoms with van der Waals surface area (Å²) in [5, 5.41) is 2.77. The number of fused-ring (bicyclic) bond motifs is 1. The first kappa shape index (κ1) is 20.8. The third-order valence-corrected chi connectivity index (χ3v) is 4.81. The van der Waals surface area contributed by atoms with Crippen LogP contribution in [0.1, 0.15) is 48.4 Å². The molecule has 0 spiro atoms. The Kier molecular flexibility index (Phi) is 7.87. The number of aryl methyl sites for hydroxylation is 3. The van der Waals surface area contributed by atoms with Crippen molar-refractivity contribution in [3.8, 4) is 11.1 Å². The summed E-state index contributed by atoms with van der Waals surface area (Å²) in [6.45, 7) is 11.2. The maximum absolute atomic E-state index is 4.93. The Balaban J connectivity index is 0.000000701. The summed E-state index contributed by atoms with van der Waals surface area (Å²) in [5.41, 5.74) is 8.24. The van der Waals surface area contributed by atoms with Gasteiger partial charge in [-0.25, -0.2) is 0 Å². The van der Waals surface area contributed by atoms with E-state index >= 15 is 0 Å². The van der Waals surface area contributed by atoms with Gasteiger partial charge in [-0.05, 0) is 32.3 Å². The summed E-state index contributed by atoms with van der Waals surface area (Å²) < 4.78 is 0. The predicted octanol–water partition coefficient (Wildman–Crippen LogP) is 8.04. The van der Waals surface area contributed by atoms with Crippen molar-refractivity contribution in [3.63, 3.8) is 0 Å². The summed E-state index contributed by atoms with van der Waals surface area (Å²) in [5.74, 6) is 0.625. The van der Waals surface area contributed by atoms with Gasteiger partial charge < -0.3 is 0 Å². The van der Waals surface area contributed by atoms with E-state index in [4.69, 9.17) is 17.0 Å². The zero-order valence-electron chi connectivity index (χ0n) is 15.6. The van der Waals surface area contributed by atoms with E-state index in [-0.39, 0.29) is 0 Å². The number of rotatable bonds is 3. The Morgan fingerprint density at radius 1 is 1.00 bits per heavy atom. The molecule has 0 aromatic heterocycles. The van der Waals surface area contributed by atoms with Gasteiger partial charge in [-0.3, -0.25) is 0 Å². The van der Waals surface area contributed by atoms with Crippen molar-refractivity contribution in [2.45, 2.75) is 47.0 Å². The second-order valence-corrected chi connectivity index (χ2v) is 10.5. The number of halogens is 2. The van der Waals surface area contributed by atoms with E-state index < -0.39 is 20.8 Å². The first-order chi connectivity index (χ1) is 11.9. The van der Waals surface area contributed by atoms with Crippen molar-refractivity contribution >= 4 is 27.8 Å². The van der Waals surface area contributed by atoms with Crippen molar-refractivity contribution in [3.05, 3.63) is 64.7 Å². The molecule has 0 radical (unpaired) electrons. The van der Waals surface area contributed by atoms with Gasteiger partial charge in [-0.2, -0.15) is 6.07 Å². The van der Waals surface area contributed by atoms with Gasteiger partial charge in [0, 0.05) is 0 Å². The molecule has 3 heteroatoms. The average molecular weight is 452 g/mol. The topological polar surface area (TPSA) is 0 Å². The van der Waals surface area contributed by atoms with Crippen molar-refractivity contribution in [1.29, 1.82) is 0 Å². The average Bonchev–Trinajstić information content (AvgIpc) is 2.97. The molecule has 0 heterocycles. The Bertz CT molecular complexity index is 828. The number of hydrogen-bond donors (Lipinski definition) is 0. The van der Waals surface area contributed by atoms with Crippen molar-refractivity contribution in [2.75, 3.05) is 0 Å². The molecule has 0 fully saturated rings. The van der Waals surface area contributed by atoms with Crippen LogP contribution < -0.4 is 0 Å². The van der Waals surface area contributed by atoms with Crippen LogP contribution in [0.15, 0.2) is 42.5 Å². The molecular formula is C22H25Cl2Zr-. The van der Waals surface area contributed by atoms with E-state index in [0.717, 1.165) is 0 Å². The zero-order valence-corrected chi connectivity index (χ0v) is 19.6. The summed E-state index contributed by atoms with van der Waals surface area (Å²) in [4.78, 5) is 0. The Morgan fingerprint density at radius 3 is 2.16 bits per heavy atom. The summed E-state index contributed by atoms with van der Waals surface area (Å²) >= 11 is -0.826. The Morgan fingerprint density at radius 2 is 1.60 bits per heavy atom. The third kappa shape index (κ3) is 5.03. The summed E-state index contributed by atoms with van der Waals surface area (Å²) in [6, 6.07) is 16.2. The first-order valence-corrected chi connectivity index (χ1v) is 15.0. The minimum atomic E-state index is -0.826. The molecule has 3 aromatic rings. The fourth-order valence-corrected chi connectivity index (χ4v) is 3.44. The number of benzene rings is 2. The quantitative estimate of drug-likeness (QED) is 0.354. The van der Waals surface area contributed by atoms with Crippen LogP contribution in [0.3, 0.4) is 0 Å². The minimum absolute atomic E-state index is 0.625. The van der Waals surface area contributed by atoms with Gasteiger partial charge in [-0.15, -0.1) is 34.5 Å². The molecule has 132 valence electrons. The van der Waals surface area contributed by atoms with Gasteiger partial charge in [0.25, 0.3) is 0 Å².